The third kappa shape index (κ3) is 8.05. The molecule has 30 heavy (non-hydrogen) atoms. The van der Waals surface area contributed by atoms with Crippen LogP contribution in [0.3, 0.4) is 0 Å². The van der Waals surface area contributed by atoms with Crippen LogP contribution in [0.2, 0.25) is 0 Å². The normalized spacial score (nSPS) is 15.1. The van der Waals surface area contributed by atoms with Crippen molar-refractivity contribution in [2.75, 3.05) is 19.7 Å². The standard InChI is InChI=1S/C19H25N3O8/c23-15(6-1-12-7-9-20-10-8-12)21-22-17(26)13-2-4-14(5-3-13)30-19(18(27)28)29-11-16(24)25/h2-5,12,19-20H,1,6-11H2,(H,21,23)(H,22,26)(H,24,25)(H,27,28). The highest BCUT2D eigenvalue weighted by atomic mass is 16.7. The van der Waals surface area contributed by atoms with Crippen LogP contribution in [0.1, 0.15) is 36.0 Å². The summed E-state index contributed by atoms with van der Waals surface area (Å²) in [4.78, 5) is 45.5. The number of aliphatic carboxylic acids is 2. The van der Waals surface area contributed by atoms with Crippen molar-refractivity contribution in [3.63, 3.8) is 0 Å². The van der Waals surface area contributed by atoms with E-state index in [0.717, 1.165) is 32.4 Å². The minimum Gasteiger partial charge on any atom is -0.480 e. The summed E-state index contributed by atoms with van der Waals surface area (Å²) >= 11 is 0. The summed E-state index contributed by atoms with van der Waals surface area (Å²) in [6, 6.07) is 5.38. The first-order valence-corrected chi connectivity index (χ1v) is 9.48. The van der Waals surface area contributed by atoms with E-state index < -0.39 is 30.7 Å². The van der Waals surface area contributed by atoms with E-state index in [0.29, 0.717) is 12.3 Å². The molecule has 11 nitrogen and oxygen atoms in total. The number of nitrogens with one attached hydrogen (secondary N) is 3. The Hall–Kier alpha value is -3.18. The van der Waals surface area contributed by atoms with Gasteiger partial charge in [-0.15, -0.1) is 0 Å². The molecule has 1 aromatic carbocycles. The maximum atomic E-state index is 12.1. The average Bonchev–Trinajstić information content (AvgIpc) is 2.74. The highest BCUT2D eigenvalue weighted by Gasteiger charge is 2.21. The van der Waals surface area contributed by atoms with Crippen LogP contribution in [0.4, 0.5) is 0 Å². The van der Waals surface area contributed by atoms with Crippen LogP contribution in [0.5, 0.6) is 5.75 Å². The third-order valence-corrected chi connectivity index (χ3v) is 4.47. The number of amides is 2. The highest BCUT2D eigenvalue weighted by molar-refractivity contribution is 5.95. The van der Waals surface area contributed by atoms with Gasteiger partial charge in [0.2, 0.25) is 5.91 Å². The van der Waals surface area contributed by atoms with Crippen molar-refractivity contribution in [1.82, 2.24) is 16.2 Å². The van der Waals surface area contributed by atoms with Gasteiger partial charge in [-0.1, -0.05) is 0 Å². The van der Waals surface area contributed by atoms with Crippen molar-refractivity contribution in [1.29, 1.82) is 0 Å². The summed E-state index contributed by atoms with van der Waals surface area (Å²) < 4.78 is 9.68. The Morgan fingerprint density at radius 2 is 1.73 bits per heavy atom. The zero-order valence-corrected chi connectivity index (χ0v) is 16.3. The van der Waals surface area contributed by atoms with Gasteiger partial charge in [0.05, 0.1) is 0 Å². The van der Waals surface area contributed by atoms with E-state index in [1.54, 1.807) is 0 Å². The topological polar surface area (TPSA) is 163 Å². The van der Waals surface area contributed by atoms with Gasteiger partial charge in [-0.2, -0.15) is 0 Å². The lowest BCUT2D eigenvalue weighted by Crippen LogP contribution is -2.41. The van der Waals surface area contributed by atoms with Crippen LogP contribution >= 0.6 is 0 Å². The molecule has 0 bridgehead atoms. The number of piperidine rings is 1. The molecule has 2 amide bonds. The summed E-state index contributed by atoms with van der Waals surface area (Å²) in [5, 5.41) is 20.8. The fourth-order valence-corrected chi connectivity index (χ4v) is 2.88. The summed E-state index contributed by atoms with van der Waals surface area (Å²) in [7, 11) is 0. The Labute approximate surface area is 172 Å². The fraction of sp³-hybridized carbons (Fsp3) is 0.474. The number of rotatable bonds is 10. The van der Waals surface area contributed by atoms with Crippen molar-refractivity contribution in [3.8, 4) is 5.75 Å². The third-order valence-electron chi connectivity index (χ3n) is 4.47. The Balaban J connectivity index is 1.77. The largest absolute Gasteiger partial charge is 0.480 e. The number of carboxylic acids is 2. The minimum atomic E-state index is -1.81. The lowest BCUT2D eigenvalue weighted by molar-refractivity contribution is -0.175. The number of carbonyl (C=O) groups excluding carboxylic acids is 2. The van der Waals surface area contributed by atoms with E-state index in [1.165, 1.54) is 24.3 Å². The molecule has 5 N–H and O–H groups in total. The predicted octanol–water partition coefficient (Wildman–Crippen LogP) is 0.118. The molecule has 0 radical (unpaired) electrons. The van der Waals surface area contributed by atoms with Gasteiger partial charge >= 0.3 is 11.9 Å². The first-order chi connectivity index (χ1) is 14.3. The highest BCUT2D eigenvalue weighted by Crippen LogP contribution is 2.17. The molecule has 1 heterocycles. The lowest BCUT2D eigenvalue weighted by Gasteiger charge is -2.22. The first kappa shape index (κ1) is 23.1. The molecule has 11 heteroatoms. The molecule has 0 aromatic heterocycles. The molecule has 2 rings (SSSR count). The summed E-state index contributed by atoms with van der Waals surface area (Å²) in [5.41, 5.74) is 4.90. The van der Waals surface area contributed by atoms with Crippen LogP contribution in [0, 0.1) is 5.92 Å². The van der Waals surface area contributed by atoms with Gasteiger partial charge in [-0.3, -0.25) is 20.4 Å². The second-order valence-corrected chi connectivity index (χ2v) is 6.75. The molecular formula is C19H25N3O8. The van der Waals surface area contributed by atoms with E-state index in [-0.39, 0.29) is 17.2 Å². The van der Waals surface area contributed by atoms with Crippen LogP contribution in [0.15, 0.2) is 24.3 Å². The Morgan fingerprint density at radius 1 is 1.07 bits per heavy atom. The molecule has 1 unspecified atom stereocenters. The molecule has 164 valence electrons. The number of benzene rings is 1. The number of hydrazine groups is 1. The van der Waals surface area contributed by atoms with E-state index in [9.17, 15) is 19.2 Å². The van der Waals surface area contributed by atoms with Gasteiger partial charge < -0.3 is 25.0 Å². The van der Waals surface area contributed by atoms with Gasteiger partial charge in [0.15, 0.2) is 0 Å². The molecule has 0 aliphatic carbocycles. The molecule has 1 aliphatic rings. The monoisotopic (exact) mass is 423 g/mol. The number of hydrogen-bond donors (Lipinski definition) is 5. The molecule has 1 aromatic rings. The molecule has 0 saturated carbocycles. The van der Waals surface area contributed by atoms with E-state index in [1.807, 2.05) is 0 Å². The number of carbonyl (C=O) groups is 4. The molecular weight excluding hydrogens is 398 g/mol. The summed E-state index contributed by atoms with van der Waals surface area (Å²) in [6.45, 7) is 1.08. The number of ether oxygens (including phenoxy) is 2. The van der Waals surface area contributed by atoms with Gasteiger partial charge in [-0.05, 0) is 62.5 Å². The second-order valence-electron chi connectivity index (χ2n) is 6.75. The minimum absolute atomic E-state index is 0.0651. The van der Waals surface area contributed by atoms with Crippen LogP contribution in [0.25, 0.3) is 0 Å². The van der Waals surface area contributed by atoms with Crippen molar-refractivity contribution in [2.24, 2.45) is 5.92 Å². The maximum Gasteiger partial charge on any atom is 0.373 e. The zero-order valence-electron chi connectivity index (χ0n) is 16.3. The van der Waals surface area contributed by atoms with E-state index in [4.69, 9.17) is 14.9 Å². The van der Waals surface area contributed by atoms with Crippen molar-refractivity contribution >= 4 is 23.8 Å². The lowest BCUT2D eigenvalue weighted by atomic mass is 9.93. The second kappa shape index (κ2) is 11.7. The predicted molar refractivity (Wildman–Crippen MR) is 103 cm³/mol. The van der Waals surface area contributed by atoms with Crippen molar-refractivity contribution in [3.05, 3.63) is 29.8 Å². The first-order valence-electron chi connectivity index (χ1n) is 9.48. The van der Waals surface area contributed by atoms with E-state index >= 15 is 0 Å². The molecule has 1 atom stereocenters. The van der Waals surface area contributed by atoms with Gasteiger partial charge in [-0.25, -0.2) is 9.59 Å². The summed E-state index contributed by atoms with van der Waals surface area (Å²) in [5.74, 6) is -3.08. The zero-order chi connectivity index (χ0) is 21.9. The quantitative estimate of drug-likeness (QED) is 0.260. The van der Waals surface area contributed by atoms with Gasteiger partial charge in [0, 0.05) is 12.0 Å². The van der Waals surface area contributed by atoms with Crippen LogP contribution in [-0.4, -0.2) is 60.0 Å². The van der Waals surface area contributed by atoms with E-state index in [2.05, 4.69) is 20.9 Å². The van der Waals surface area contributed by atoms with Crippen LogP contribution < -0.4 is 20.9 Å². The Kier molecular flexibility index (Phi) is 9.03. The van der Waals surface area contributed by atoms with Gasteiger partial charge in [0.1, 0.15) is 12.4 Å². The Bertz CT molecular complexity index is 747. The van der Waals surface area contributed by atoms with Crippen LogP contribution in [-0.2, 0) is 19.1 Å². The number of hydrogen-bond acceptors (Lipinski definition) is 7. The molecule has 1 saturated heterocycles. The fourth-order valence-electron chi connectivity index (χ4n) is 2.88. The van der Waals surface area contributed by atoms with Gasteiger partial charge in [0.25, 0.3) is 12.2 Å². The molecule has 1 aliphatic heterocycles. The van der Waals surface area contributed by atoms with Crippen molar-refractivity contribution in [2.45, 2.75) is 32.0 Å². The number of carboxylic acid groups (broad SMARTS) is 2. The SMILES string of the molecule is O=C(O)COC(Oc1ccc(C(=O)NNC(=O)CCC2CCNCC2)cc1)C(=O)O. The summed E-state index contributed by atoms with van der Waals surface area (Å²) in [6.07, 6.45) is 1.37. The molecule has 0 spiro atoms. The smallest absolute Gasteiger partial charge is 0.373 e. The Morgan fingerprint density at radius 3 is 2.33 bits per heavy atom. The maximum absolute atomic E-state index is 12.1. The van der Waals surface area contributed by atoms with Crippen molar-refractivity contribution < 1.29 is 38.9 Å². The molecule has 1 fully saturated rings. The average molecular weight is 423 g/mol.